The van der Waals surface area contributed by atoms with Gasteiger partial charge in [0, 0.05) is 38.6 Å². The molecule has 0 unspecified atom stereocenters. The number of hydrogen-bond acceptors (Lipinski definition) is 4. The average Bonchev–Trinajstić information content (AvgIpc) is 2.86. The van der Waals surface area contributed by atoms with Crippen LogP contribution in [0.15, 0.2) is 18.2 Å². The van der Waals surface area contributed by atoms with Gasteiger partial charge in [-0.1, -0.05) is 12.1 Å². The molecule has 0 amide bonds. The first-order valence-electron chi connectivity index (χ1n) is 9.08. The van der Waals surface area contributed by atoms with Gasteiger partial charge in [0.05, 0.1) is 6.61 Å². The summed E-state index contributed by atoms with van der Waals surface area (Å²) in [5.41, 5.74) is 2.58. The Labute approximate surface area is 145 Å². The lowest BCUT2D eigenvalue weighted by atomic mass is 9.78. The number of likely N-dealkylation sites (tertiary alicyclic amines) is 1. The highest BCUT2D eigenvalue weighted by Gasteiger charge is 2.35. The lowest BCUT2D eigenvalue weighted by molar-refractivity contribution is 0.00475. The van der Waals surface area contributed by atoms with Crippen molar-refractivity contribution in [3.63, 3.8) is 0 Å². The van der Waals surface area contributed by atoms with Crippen LogP contribution >= 0.6 is 0 Å². The van der Waals surface area contributed by atoms with Crippen molar-refractivity contribution in [3.8, 4) is 5.75 Å². The number of fused-ring (bicyclic) bond motifs is 1. The van der Waals surface area contributed by atoms with E-state index in [-0.39, 0.29) is 17.6 Å². The van der Waals surface area contributed by atoms with Gasteiger partial charge in [0.2, 0.25) is 0 Å². The second-order valence-electron chi connectivity index (χ2n) is 8.20. The van der Waals surface area contributed by atoms with Crippen LogP contribution in [0.3, 0.4) is 0 Å². The van der Waals surface area contributed by atoms with Crippen LogP contribution in [0.4, 0.5) is 0 Å². The van der Waals surface area contributed by atoms with Crippen molar-refractivity contribution < 1.29 is 14.6 Å². The summed E-state index contributed by atoms with van der Waals surface area (Å²) in [6.07, 6.45) is 4.15. The minimum atomic E-state index is -0.0850. The Balaban J connectivity index is 1.66. The fourth-order valence-corrected chi connectivity index (χ4v) is 4.20. The maximum absolute atomic E-state index is 9.94. The zero-order valence-corrected chi connectivity index (χ0v) is 15.3. The lowest BCUT2D eigenvalue weighted by Crippen LogP contribution is -2.45. The van der Waals surface area contributed by atoms with Gasteiger partial charge in [0.15, 0.2) is 0 Å². The molecule has 2 aliphatic rings. The molecule has 2 heterocycles. The number of methoxy groups -OCH3 is 1. The smallest absolute Gasteiger partial charge is 0.123 e. The minimum absolute atomic E-state index is 0.00388. The molecule has 134 valence electrons. The van der Waals surface area contributed by atoms with Crippen molar-refractivity contribution in [2.75, 3.05) is 33.4 Å². The van der Waals surface area contributed by atoms with E-state index in [9.17, 15) is 5.11 Å². The van der Waals surface area contributed by atoms with Gasteiger partial charge in [-0.3, -0.25) is 4.90 Å². The van der Waals surface area contributed by atoms with Crippen LogP contribution in [0.25, 0.3) is 0 Å². The maximum atomic E-state index is 9.94. The number of hydrogen-bond donors (Lipinski definition) is 1. The Morgan fingerprint density at radius 1 is 1.33 bits per heavy atom. The van der Waals surface area contributed by atoms with E-state index in [1.807, 2.05) is 0 Å². The van der Waals surface area contributed by atoms with Gasteiger partial charge in [-0.25, -0.2) is 0 Å². The quantitative estimate of drug-likeness (QED) is 0.869. The molecule has 1 fully saturated rings. The summed E-state index contributed by atoms with van der Waals surface area (Å²) in [4.78, 5) is 2.48. The van der Waals surface area contributed by atoms with Gasteiger partial charge >= 0.3 is 0 Å². The van der Waals surface area contributed by atoms with Crippen LogP contribution in [0, 0.1) is 5.41 Å². The van der Waals surface area contributed by atoms with Crippen LogP contribution < -0.4 is 4.74 Å². The van der Waals surface area contributed by atoms with Crippen LogP contribution in [-0.4, -0.2) is 49.0 Å². The lowest BCUT2D eigenvalue weighted by Gasteiger charge is -2.42. The molecule has 0 spiro atoms. The van der Waals surface area contributed by atoms with E-state index < -0.39 is 0 Å². The van der Waals surface area contributed by atoms with E-state index in [0.29, 0.717) is 0 Å². The van der Waals surface area contributed by atoms with Crippen molar-refractivity contribution in [1.82, 2.24) is 4.90 Å². The topological polar surface area (TPSA) is 41.9 Å². The number of aliphatic hydroxyl groups excluding tert-OH is 1. The maximum Gasteiger partial charge on any atom is 0.123 e. The molecule has 1 aromatic rings. The summed E-state index contributed by atoms with van der Waals surface area (Å²) in [7, 11) is 1.74. The number of ether oxygens (including phenoxy) is 2. The summed E-state index contributed by atoms with van der Waals surface area (Å²) < 4.78 is 11.2. The molecule has 1 saturated heterocycles. The van der Waals surface area contributed by atoms with Crippen LogP contribution in [0.1, 0.15) is 44.2 Å². The Bertz CT molecular complexity index is 572. The molecule has 3 rings (SSSR count). The Morgan fingerprint density at radius 2 is 2.17 bits per heavy atom. The molecule has 4 nitrogen and oxygen atoms in total. The van der Waals surface area contributed by atoms with Gasteiger partial charge in [-0.2, -0.15) is 0 Å². The summed E-state index contributed by atoms with van der Waals surface area (Å²) in [6.45, 7) is 8.26. The van der Waals surface area contributed by atoms with Crippen LogP contribution in [0.2, 0.25) is 0 Å². The molecule has 0 aliphatic carbocycles. The molecule has 24 heavy (non-hydrogen) atoms. The van der Waals surface area contributed by atoms with Gasteiger partial charge in [-0.05, 0) is 56.8 Å². The summed E-state index contributed by atoms with van der Waals surface area (Å²) >= 11 is 0. The minimum Gasteiger partial charge on any atom is -0.487 e. The number of benzene rings is 1. The van der Waals surface area contributed by atoms with Crippen molar-refractivity contribution in [1.29, 1.82) is 0 Å². The predicted octanol–water partition coefficient (Wildman–Crippen LogP) is 3.01. The summed E-state index contributed by atoms with van der Waals surface area (Å²) in [6, 6.07) is 6.60. The first kappa shape index (κ1) is 17.7. The number of rotatable bonds is 6. The fourth-order valence-electron chi connectivity index (χ4n) is 4.20. The predicted molar refractivity (Wildman–Crippen MR) is 95.4 cm³/mol. The molecule has 2 aliphatic heterocycles. The molecule has 1 atom stereocenters. The molecular formula is C20H31NO3. The third-order valence-electron chi connectivity index (χ3n) is 5.45. The molecule has 1 N–H and O–H groups in total. The SMILES string of the molecule is COCC[C@@]1(CO)CCCN(Cc2ccc3c(c2)CC(C)(C)O3)C1. The van der Waals surface area contributed by atoms with Gasteiger partial charge in [0.25, 0.3) is 0 Å². The van der Waals surface area contributed by atoms with Crippen LogP contribution in [0.5, 0.6) is 5.75 Å². The highest BCUT2D eigenvalue weighted by Crippen LogP contribution is 2.37. The monoisotopic (exact) mass is 333 g/mol. The third-order valence-corrected chi connectivity index (χ3v) is 5.45. The van der Waals surface area contributed by atoms with Crippen molar-refractivity contribution in [2.45, 2.75) is 51.7 Å². The third kappa shape index (κ3) is 3.93. The van der Waals surface area contributed by atoms with E-state index in [0.717, 1.165) is 57.7 Å². The Kier molecular flexibility index (Phi) is 5.19. The second kappa shape index (κ2) is 7.03. The zero-order valence-electron chi connectivity index (χ0n) is 15.3. The summed E-state index contributed by atoms with van der Waals surface area (Å²) in [5, 5.41) is 9.94. The Hall–Kier alpha value is -1.10. The van der Waals surface area contributed by atoms with E-state index in [1.54, 1.807) is 7.11 Å². The zero-order chi connectivity index (χ0) is 17.2. The van der Waals surface area contributed by atoms with Crippen molar-refractivity contribution in [3.05, 3.63) is 29.3 Å². The number of nitrogens with zero attached hydrogens (tertiary/aromatic N) is 1. The average molecular weight is 333 g/mol. The first-order chi connectivity index (χ1) is 11.5. The Morgan fingerprint density at radius 3 is 2.92 bits per heavy atom. The highest BCUT2D eigenvalue weighted by molar-refractivity contribution is 5.41. The van der Waals surface area contributed by atoms with E-state index in [4.69, 9.17) is 9.47 Å². The summed E-state index contributed by atoms with van der Waals surface area (Å²) in [5.74, 6) is 1.03. The largest absolute Gasteiger partial charge is 0.487 e. The second-order valence-corrected chi connectivity index (χ2v) is 8.20. The van der Waals surface area contributed by atoms with Gasteiger partial charge < -0.3 is 14.6 Å². The normalized spacial score (nSPS) is 26.2. The van der Waals surface area contributed by atoms with Crippen molar-refractivity contribution in [2.24, 2.45) is 5.41 Å². The fraction of sp³-hybridized carbons (Fsp3) is 0.700. The first-order valence-corrected chi connectivity index (χ1v) is 9.08. The van der Waals surface area contributed by atoms with Crippen LogP contribution in [-0.2, 0) is 17.7 Å². The molecule has 0 aromatic heterocycles. The molecule has 1 aromatic carbocycles. The van der Waals surface area contributed by atoms with Crippen molar-refractivity contribution >= 4 is 0 Å². The standard InChI is InChI=1S/C20H31NO3/c1-19(2)12-17-11-16(5-6-18(17)24-19)13-21-9-4-7-20(14-21,15-22)8-10-23-3/h5-6,11,22H,4,7-10,12-15H2,1-3H3/t20-/m0/s1. The van der Waals surface area contributed by atoms with E-state index in [1.165, 1.54) is 11.1 Å². The van der Waals surface area contributed by atoms with Gasteiger partial charge in [-0.15, -0.1) is 0 Å². The molecule has 0 saturated carbocycles. The molecule has 0 radical (unpaired) electrons. The van der Waals surface area contributed by atoms with Gasteiger partial charge in [0.1, 0.15) is 11.4 Å². The molecule has 0 bridgehead atoms. The molecule has 4 heteroatoms. The number of aliphatic hydroxyl groups is 1. The number of piperidine rings is 1. The highest BCUT2D eigenvalue weighted by atomic mass is 16.5. The molecular weight excluding hydrogens is 302 g/mol. The van der Waals surface area contributed by atoms with E-state index in [2.05, 4.69) is 36.9 Å². The van der Waals surface area contributed by atoms with E-state index >= 15 is 0 Å².